The number of rotatable bonds is 9. The van der Waals surface area contributed by atoms with Crippen LogP contribution >= 0.6 is 0 Å². The summed E-state index contributed by atoms with van der Waals surface area (Å²) >= 11 is 0. The molecule has 41 heavy (non-hydrogen) atoms. The van der Waals surface area contributed by atoms with Crippen molar-refractivity contribution in [2.24, 2.45) is 11.3 Å². The van der Waals surface area contributed by atoms with Crippen LogP contribution in [-0.4, -0.2) is 50.5 Å². The van der Waals surface area contributed by atoms with Gasteiger partial charge in [-0.2, -0.15) is 15.8 Å². The van der Waals surface area contributed by atoms with Gasteiger partial charge in [0, 0.05) is 30.3 Å². The summed E-state index contributed by atoms with van der Waals surface area (Å²) in [5.41, 5.74) is 0.937. The number of nitriles is 3. The molecule has 3 rings (SSSR count). The van der Waals surface area contributed by atoms with Gasteiger partial charge in [-0.3, -0.25) is 4.79 Å². The van der Waals surface area contributed by atoms with Crippen LogP contribution in [0.5, 0.6) is 0 Å². The molecule has 1 saturated heterocycles. The summed E-state index contributed by atoms with van der Waals surface area (Å²) in [4.78, 5) is 26.4. The van der Waals surface area contributed by atoms with Gasteiger partial charge in [-0.05, 0) is 64.7 Å². The van der Waals surface area contributed by atoms with Crippen LogP contribution in [0.1, 0.15) is 59.4 Å². The normalized spacial score (nSPS) is 18.0. The Morgan fingerprint density at radius 2 is 1.83 bits per heavy atom. The molecule has 1 fully saturated rings. The van der Waals surface area contributed by atoms with E-state index in [1.807, 2.05) is 57.2 Å². The molecule has 0 bridgehead atoms. The van der Waals surface area contributed by atoms with Crippen molar-refractivity contribution in [1.29, 1.82) is 15.8 Å². The zero-order chi connectivity index (χ0) is 30.2. The monoisotopic (exact) mass is 559 g/mol. The number of piperidine rings is 1. The minimum absolute atomic E-state index is 0.0194. The van der Waals surface area contributed by atoms with E-state index in [1.54, 1.807) is 13.8 Å². The second kappa shape index (κ2) is 13.2. The Morgan fingerprint density at radius 1 is 1.15 bits per heavy atom. The van der Waals surface area contributed by atoms with Gasteiger partial charge in [-0.25, -0.2) is 4.79 Å². The van der Waals surface area contributed by atoms with Crippen molar-refractivity contribution in [3.05, 3.63) is 46.7 Å². The van der Waals surface area contributed by atoms with Crippen molar-refractivity contribution in [3.63, 3.8) is 0 Å². The van der Waals surface area contributed by atoms with Crippen molar-refractivity contribution in [1.82, 2.24) is 5.32 Å². The van der Waals surface area contributed by atoms with Gasteiger partial charge in [0.15, 0.2) is 11.3 Å². The quantitative estimate of drug-likeness (QED) is 0.251. The summed E-state index contributed by atoms with van der Waals surface area (Å²) in [6.07, 6.45) is 2.02. The fourth-order valence-electron chi connectivity index (χ4n) is 4.83. The SMILES string of the molecule is CCC(C)(C)C(=O)OCCNC(=O)OCC1CCCN(c2ccc(C3=C(C#N)C(=C(C#N)C#N)OC3(C)C)cc2)C1. The first-order valence-electron chi connectivity index (χ1n) is 13.8. The van der Waals surface area contributed by atoms with E-state index in [1.165, 1.54) is 0 Å². The molecular formula is C31H37N5O5. The molecule has 10 nitrogen and oxygen atoms in total. The van der Waals surface area contributed by atoms with Crippen molar-refractivity contribution in [3.8, 4) is 18.2 Å². The van der Waals surface area contributed by atoms with Crippen molar-refractivity contribution < 1.29 is 23.8 Å². The first kappa shape index (κ1) is 31.0. The van der Waals surface area contributed by atoms with Crippen LogP contribution in [0.4, 0.5) is 10.5 Å². The molecule has 1 aromatic carbocycles. The largest absolute Gasteiger partial charge is 0.480 e. The summed E-state index contributed by atoms with van der Waals surface area (Å²) in [5, 5.41) is 31.1. The molecule has 1 N–H and O–H groups in total. The molecule has 1 amide bonds. The molecule has 0 aromatic heterocycles. The molecule has 10 heteroatoms. The highest BCUT2D eigenvalue weighted by molar-refractivity contribution is 5.84. The number of amides is 1. The van der Waals surface area contributed by atoms with Crippen LogP contribution in [0.3, 0.4) is 0 Å². The van der Waals surface area contributed by atoms with E-state index in [0.29, 0.717) is 12.0 Å². The summed E-state index contributed by atoms with van der Waals surface area (Å²) in [7, 11) is 0. The molecule has 1 atom stereocenters. The van der Waals surface area contributed by atoms with Gasteiger partial charge in [-0.15, -0.1) is 0 Å². The smallest absolute Gasteiger partial charge is 0.407 e. The van der Waals surface area contributed by atoms with Crippen LogP contribution in [0.25, 0.3) is 5.57 Å². The van der Waals surface area contributed by atoms with E-state index in [0.717, 1.165) is 37.2 Å². The number of benzene rings is 1. The molecule has 1 aromatic rings. The average Bonchev–Trinajstić information content (AvgIpc) is 3.24. The van der Waals surface area contributed by atoms with Gasteiger partial charge in [0.1, 0.15) is 36.0 Å². The maximum absolute atomic E-state index is 12.1. The van der Waals surface area contributed by atoms with Crippen LogP contribution in [0.2, 0.25) is 0 Å². The van der Waals surface area contributed by atoms with E-state index >= 15 is 0 Å². The van der Waals surface area contributed by atoms with Crippen LogP contribution in [0.15, 0.2) is 41.2 Å². The first-order chi connectivity index (χ1) is 19.5. The van der Waals surface area contributed by atoms with Gasteiger partial charge in [-0.1, -0.05) is 19.1 Å². The number of hydrogen-bond donors (Lipinski definition) is 1. The van der Waals surface area contributed by atoms with Crippen molar-refractivity contribution in [2.75, 3.05) is 37.7 Å². The summed E-state index contributed by atoms with van der Waals surface area (Å²) in [6, 6.07) is 13.5. The number of nitrogens with zero attached hydrogens (tertiary/aromatic N) is 4. The van der Waals surface area contributed by atoms with Crippen LogP contribution in [0, 0.1) is 45.3 Å². The fourth-order valence-corrected chi connectivity index (χ4v) is 4.83. The Morgan fingerprint density at radius 3 is 2.44 bits per heavy atom. The number of hydrogen-bond acceptors (Lipinski definition) is 9. The Balaban J connectivity index is 1.57. The molecule has 2 aliphatic rings. The van der Waals surface area contributed by atoms with Gasteiger partial charge in [0.2, 0.25) is 0 Å². The summed E-state index contributed by atoms with van der Waals surface area (Å²) < 4.78 is 16.5. The van der Waals surface area contributed by atoms with E-state index in [-0.39, 0.29) is 48.6 Å². The number of carbonyl (C=O) groups excluding carboxylic acids is 2. The highest BCUT2D eigenvalue weighted by Crippen LogP contribution is 2.45. The molecule has 0 radical (unpaired) electrons. The van der Waals surface area contributed by atoms with Gasteiger partial charge in [0.25, 0.3) is 0 Å². The predicted molar refractivity (Wildman–Crippen MR) is 152 cm³/mol. The lowest BCUT2D eigenvalue weighted by Crippen LogP contribution is -2.38. The molecular weight excluding hydrogens is 522 g/mol. The second-order valence-electron chi connectivity index (χ2n) is 11.3. The fraction of sp³-hybridized carbons (Fsp3) is 0.516. The highest BCUT2D eigenvalue weighted by atomic mass is 16.6. The molecule has 0 aliphatic carbocycles. The predicted octanol–water partition coefficient (Wildman–Crippen LogP) is 5.00. The van der Waals surface area contributed by atoms with Crippen molar-refractivity contribution in [2.45, 2.75) is 59.5 Å². The second-order valence-corrected chi connectivity index (χ2v) is 11.3. The molecule has 216 valence electrons. The third-order valence-corrected chi connectivity index (χ3v) is 7.53. The Kier molecular flexibility index (Phi) is 10.0. The topological polar surface area (TPSA) is 148 Å². The van der Waals surface area contributed by atoms with Crippen LogP contribution in [-0.2, 0) is 19.0 Å². The zero-order valence-corrected chi connectivity index (χ0v) is 24.4. The third-order valence-electron chi connectivity index (χ3n) is 7.53. The van der Waals surface area contributed by atoms with Crippen molar-refractivity contribution >= 4 is 23.3 Å². The molecule has 0 saturated carbocycles. The maximum Gasteiger partial charge on any atom is 0.407 e. The van der Waals surface area contributed by atoms with E-state index < -0.39 is 17.1 Å². The maximum atomic E-state index is 12.1. The Bertz CT molecular complexity index is 1320. The lowest BCUT2D eigenvalue weighted by atomic mass is 9.88. The molecule has 0 spiro atoms. The van der Waals surface area contributed by atoms with E-state index in [2.05, 4.69) is 16.3 Å². The molecule has 1 unspecified atom stereocenters. The van der Waals surface area contributed by atoms with Gasteiger partial charge in [0.05, 0.1) is 18.6 Å². The minimum atomic E-state index is -0.886. The van der Waals surface area contributed by atoms with E-state index in [9.17, 15) is 25.4 Å². The lowest BCUT2D eigenvalue weighted by molar-refractivity contribution is -0.153. The third kappa shape index (κ3) is 7.38. The van der Waals surface area contributed by atoms with Gasteiger partial charge >= 0.3 is 12.1 Å². The highest BCUT2D eigenvalue weighted by Gasteiger charge is 2.40. The number of anilines is 1. The minimum Gasteiger partial charge on any atom is -0.480 e. The molecule has 2 aliphatic heterocycles. The van der Waals surface area contributed by atoms with Crippen LogP contribution < -0.4 is 10.2 Å². The number of carbonyl (C=O) groups is 2. The Labute approximate surface area is 241 Å². The van der Waals surface area contributed by atoms with E-state index in [4.69, 9.17) is 14.2 Å². The van der Waals surface area contributed by atoms with Gasteiger partial charge < -0.3 is 24.4 Å². The number of esters is 1. The number of nitrogens with one attached hydrogen (secondary N) is 1. The summed E-state index contributed by atoms with van der Waals surface area (Å²) in [6.45, 7) is 11.3. The first-order valence-corrected chi connectivity index (χ1v) is 13.8. The number of ether oxygens (including phenoxy) is 3. The molecule has 2 heterocycles. The average molecular weight is 560 g/mol. The Hall–Kier alpha value is -4.49. The number of allylic oxidation sites excluding steroid dienone is 2. The summed E-state index contributed by atoms with van der Waals surface area (Å²) in [5.74, 6) is -0.108. The lowest BCUT2D eigenvalue weighted by Gasteiger charge is -2.34. The zero-order valence-electron chi connectivity index (χ0n) is 24.4. The number of alkyl carbamates (subject to hydrolysis) is 1. The standard InChI is InChI=1S/C31H37N5O5/c1-6-30(2,3)28(37)39-15-13-35-29(38)40-20-21-8-7-14-36(19-21)24-11-9-22(10-12-24)26-25(18-34)27(23(16-32)17-33)41-31(26,4)5/h9-12,21H,6-8,13-15,19-20H2,1-5H3,(H,35,38).